The van der Waals surface area contributed by atoms with Crippen molar-refractivity contribution in [2.45, 2.75) is 6.54 Å². The summed E-state index contributed by atoms with van der Waals surface area (Å²) in [5.74, 6) is 0.0541. The van der Waals surface area contributed by atoms with Crippen molar-refractivity contribution in [2.75, 3.05) is 43.4 Å². The van der Waals surface area contributed by atoms with Gasteiger partial charge in [-0.25, -0.2) is 14.4 Å². The van der Waals surface area contributed by atoms with Crippen molar-refractivity contribution in [1.29, 1.82) is 0 Å². The number of rotatable bonds is 6. The molecule has 196 valence electrons. The van der Waals surface area contributed by atoms with E-state index in [4.69, 9.17) is 4.98 Å². The molecule has 3 heterocycles. The second-order valence-electron chi connectivity index (χ2n) is 9.85. The highest BCUT2D eigenvalue weighted by Gasteiger charge is 2.16. The number of benzene rings is 3. The number of hydrogen-bond acceptors (Lipinski definition) is 6. The zero-order valence-electron chi connectivity index (χ0n) is 21.7. The first-order chi connectivity index (χ1) is 19.0. The molecule has 0 spiro atoms. The Bertz CT molecular complexity index is 1660. The highest BCUT2D eigenvalue weighted by atomic mass is 19.1. The van der Waals surface area contributed by atoms with Crippen molar-refractivity contribution >= 4 is 28.2 Å². The molecule has 0 aliphatic carbocycles. The molecule has 0 amide bonds. The number of fused-ring (bicyclic) bond motifs is 1. The molecule has 0 atom stereocenters. The first kappa shape index (κ1) is 24.8. The fourth-order valence-corrected chi connectivity index (χ4v) is 4.94. The van der Waals surface area contributed by atoms with Crippen LogP contribution in [0.15, 0.2) is 96.1 Å². The molecule has 1 fully saturated rings. The Morgan fingerprint density at radius 2 is 1.62 bits per heavy atom. The van der Waals surface area contributed by atoms with Crippen LogP contribution >= 0.6 is 0 Å². The maximum Gasteiger partial charge on any atom is 0.261 e. The Labute approximate surface area is 226 Å². The Morgan fingerprint density at radius 1 is 0.897 bits per heavy atom. The van der Waals surface area contributed by atoms with E-state index in [1.54, 1.807) is 30.6 Å². The van der Waals surface area contributed by atoms with Gasteiger partial charge in [0.05, 0.1) is 17.4 Å². The molecule has 8 heteroatoms. The van der Waals surface area contributed by atoms with E-state index in [0.29, 0.717) is 22.4 Å². The smallest absolute Gasteiger partial charge is 0.261 e. The zero-order chi connectivity index (χ0) is 26.8. The van der Waals surface area contributed by atoms with Crippen LogP contribution in [0, 0.1) is 5.82 Å². The van der Waals surface area contributed by atoms with E-state index in [9.17, 15) is 9.18 Å². The third-order valence-electron chi connectivity index (χ3n) is 7.20. The number of halogens is 1. The monoisotopic (exact) mass is 520 g/mol. The molecule has 6 rings (SSSR count). The van der Waals surface area contributed by atoms with E-state index in [0.717, 1.165) is 43.0 Å². The Balaban J connectivity index is 1.34. The summed E-state index contributed by atoms with van der Waals surface area (Å²) in [4.78, 5) is 27.4. The summed E-state index contributed by atoms with van der Waals surface area (Å²) in [7, 11) is 2.15. The summed E-state index contributed by atoms with van der Waals surface area (Å²) in [5, 5.41) is 3.66. The third-order valence-corrected chi connectivity index (χ3v) is 7.20. The maximum absolute atomic E-state index is 14.4. The minimum absolute atomic E-state index is 0.112. The number of pyridine rings is 1. The van der Waals surface area contributed by atoms with Crippen LogP contribution in [-0.2, 0) is 6.54 Å². The lowest BCUT2D eigenvalue weighted by Crippen LogP contribution is -2.44. The van der Waals surface area contributed by atoms with Gasteiger partial charge in [0.25, 0.3) is 5.56 Å². The largest absolute Gasteiger partial charge is 0.369 e. The average Bonchev–Trinajstić information content (AvgIpc) is 2.97. The summed E-state index contributed by atoms with van der Waals surface area (Å²) >= 11 is 0. The first-order valence-corrected chi connectivity index (χ1v) is 13.0. The molecule has 1 aliphatic rings. The van der Waals surface area contributed by atoms with E-state index < -0.39 is 0 Å². The van der Waals surface area contributed by atoms with E-state index in [1.165, 1.54) is 16.3 Å². The summed E-state index contributed by atoms with van der Waals surface area (Å²) in [6.07, 6.45) is 3.31. The SMILES string of the molecule is CN1CCN(c2ccc(Nc3ncc4c(=O)n(Cc5ccccc5F)cc(-c5ccccc5)c4n3)cc2)CC1. The van der Waals surface area contributed by atoms with Crippen molar-refractivity contribution in [1.82, 2.24) is 19.4 Å². The standard InChI is InChI=1S/C31H29FN6O/c1-36-15-17-37(18-16-36)25-13-11-24(12-14-25)34-31-33-19-26-29(35-31)27(22-7-3-2-4-8-22)21-38(30(26)39)20-23-9-5-6-10-28(23)32/h2-14,19,21H,15-18,20H2,1H3,(H,33,34,35). The van der Waals surface area contributed by atoms with Crippen LogP contribution in [0.4, 0.5) is 21.7 Å². The summed E-state index contributed by atoms with van der Waals surface area (Å²) < 4.78 is 15.9. The molecular formula is C31H29FN6O. The number of anilines is 3. The van der Waals surface area contributed by atoms with Gasteiger partial charge in [0.1, 0.15) is 5.82 Å². The maximum atomic E-state index is 14.4. The highest BCUT2D eigenvalue weighted by molar-refractivity contribution is 5.93. The second kappa shape index (κ2) is 10.7. The molecule has 0 bridgehead atoms. The number of piperazine rings is 1. The highest BCUT2D eigenvalue weighted by Crippen LogP contribution is 2.27. The normalized spacial score (nSPS) is 14.1. The topological polar surface area (TPSA) is 66.3 Å². The van der Waals surface area contributed by atoms with Gasteiger partial charge in [0.15, 0.2) is 0 Å². The molecule has 2 aromatic heterocycles. The van der Waals surface area contributed by atoms with Gasteiger partial charge in [-0.1, -0.05) is 48.5 Å². The molecule has 0 radical (unpaired) electrons. The van der Waals surface area contributed by atoms with Crippen molar-refractivity contribution in [3.05, 3.63) is 113 Å². The van der Waals surface area contributed by atoms with E-state index in [-0.39, 0.29) is 17.9 Å². The lowest BCUT2D eigenvalue weighted by Gasteiger charge is -2.34. The number of hydrogen-bond donors (Lipinski definition) is 1. The van der Waals surface area contributed by atoms with Gasteiger partial charge < -0.3 is 19.7 Å². The number of likely N-dealkylation sites (N-methyl/N-ethyl adjacent to an activating group) is 1. The zero-order valence-corrected chi connectivity index (χ0v) is 21.7. The van der Waals surface area contributed by atoms with Gasteiger partial charge in [-0.15, -0.1) is 0 Å². The Hall–Kier alpha value is -4.56. The van der Waals surface area contributed by atoms with Gasteiger partial charge in [-0.05, 0) is 42.9 Å². The minimum atomic E-state index is -0.347. The number of nitrogens with one attached hydrogen (secondary N) is 1. The molecule has 1 aliphatic heterocycles. The van der Waals surface area contributed by atoms with Gasteiger partial charge in [-0.2, -0.15) is 0 Å². The molecule has 0 unspecified atom stereocenters. The number of aromatic nitrogens is 3. The molecule has 3 aromatic carbocycles. The second-order valence-corrected chi connectivity index (χ2v) is 9.85. The third kappa shape index (κ3) is 5.24. The summed E-state index contributed by atoms with van der Waals surface area (Å²) in [5.41, 5.74) is 4.45. The van der Waals surface area contributed by atoms with Crippen LogP contribution in [0.3, 0.4) is 0 Å². The molecule has 1 saturated heterocycles. The average molecular weight is 521 g/mol. The molecular weight excluding hydrogens is 491 g/mol. The van der Waals surface area contributed by atoms with Crippen molar-refractivity contribution in [2.24, 2.45) is 0 Å². The van der Waals surface area contributed by atoms with Gasteiger partial charge in [0.2, 0.25) is 5.95 Å². The van der Waals surface area contributed by atoms with Crippen molar-refractivity contribution < 1.29 is 4.39 Å². The molecule has 7 nitrogen and oxygen atoms in total. The fraction of sp³-hybridized carbons (Fsp3) is 0.194. The molecule has 39 heavy (non-hydrogen) atoms. The van der Waals surface area contributed by atoms with E-state index >= 15 is 0 Å². The van der Waals surface area contributed by atoms with Crippen molar-refractivity contribution in [3.63, 3.8) is 0 Å². The van der Waals surface area contributed by atoms with Crippen LogP contribution in [0.2, 0.25) is 0 Å². The fourth-order valence-electron chi connectivity index (χ4n) is 4.94. The lowest BCUT2D eigenvalue weighted by molar-refractivity contribution is 0.313. The quantitative estimate of drug-likeness (QED) is 0.334. The van der Waals surface area contributed by atoms with Crippen LogP contribution in [0.5, 0.6) is 0 Å². The van der Waals surface area contributed by atoms with Gasteiger partial charge in [0, 0.05) is 61.1 Å². The minimum Gasteiger partial charge on any atom is -0.369 e. The van der Waals surface area contributed by atoms with Gasteiger partial charge in [-0.3, -0.25) is 4.79 Å². The predicted molar refractivity (Wildman–Crippen MR) is 154 cm³/mol. The number of nitrogens with zero attached hydrogens (tertiary/aromatic N) is 5. The lowest BCUT2D eigenvalue weighted by atomic mass is 10.0. The van der Waals surface area contributed by atoms with Crippen LogP contribution in [-0.4, -0.2) is 52.7 Å². The summed E-state index contributed by atoms with van der Waals surface area (Å²) in [6, 6.07) is 24.5. The van der Waals surface area contributed by atoms with E-state index in [2.05, 4.69) is 39.3 Å². The molecule has 0 saturated carbocycles. The van der Waals surface area contributed by atoms with Gasteiger partial charge >= 0.3 is 0 Å². The van der Waals surface area contributed by atoms with Crippen LogP contribution in [0.25, 0.3) is 22.0 Å². The van der Waals surface area contributed by atoms with E-state index in [1.807, 2.05) is 42.5 Å². The van der Waals surface area contributed by atoms with Crippen LogP contribution in [0.1, 0.15) is 5.56 Å². The van der Waals surface area contributed by atoms with Crippen molar-refractivity contribution in [3.8, 4) is 11.1 Å². The predicted octanol–water partition coefficient (Wildman–Crippen LogP) is 5.14. The Morgan fingerprint density at radius 3 is 2.36 bits per heavy atom. The molecule has 1 N–H and O–H groups in total. The Kier molecular flexibility index (Phi) is 6.77. The summed E-state index contributed by atoms with van der Waals surface area (Å²) in [6.45, 7) is 4.23. The first-order valence-electron chi connectivity index (χ1n) is 13.0. The van der Waals surface area contributed by atoms with Crippen LogP contribution < -0.4 is 15.8 Å². The molecule has 5 aromatic rings.